The first kappa shape index (κ1) is 14.8. The number of amides is 1. The van der Waals surface area contributed by atoms with Crippen molar-refractivity contribution in [3.05, 3.63) is 35.2 Å². The fraction of sp³-hybridized carbons (Fsp3) is 0.250. The molecule has 0 fully saturated rings. The predicted molar refractivity (Wildman–Crippen MR) is 68.0 cm³/mol. The first-order valence-corrected chi connectivity index (χ1v) is 5.82. The number of rotatable bonds is 3. The van der Waals surface area contributed by atoms with Gasteiger partial charge < -0.3 is 9.84 Å². The number of hydrogen-bond donors (Lipinski definition) is 2. The van der Waals surface area contributed by atoms with E-state index in [0.717, 1.165) is 6.07 Å². The molecule has 6 nitrogen and oxygen atoms in total. The zero-order valence-corrected chi connectivity index (χ0v) is 11.1. The minimum atomic E-state index is -4.57. The smallest absolute Gasteiger partial charge is 0.388 e. The first-order valence-electron chi connectivity index (χ1n) is 5.82. The molecule has 2 aromatic rings. The summed E-state index contributed by atoms with van der Waals surface area (Å²) in [4.78, 5) is 15.6. The molecule has 0 radical (unpaired) electrons. The van der Waals surface area contributed by atoms with Gasteiger partial charge in [-0.1, -0.05) is 5.16 Å². The van der Waals surface area contributed by atoms with E-state index in [4.69, 9.17) is 0 Å². The summed E-state index contributed by atoms with van der Waals surface area (Å²) in [5.41, 5.74) is -1.22. The van der Waals surface area contributed by atoms with Crippen molar-refractivity contribution in [1.82, 2.24) is 10.1 Å². The molecule has 2 N–H and O–H groups in total. The van der Waals surface area contributed by atoms with Crippen LogP contribution < -0.4 is 10.6 Å². The van der Waals surface area contributed by atoms with Crippen LogP contribution in [0.3, 0.4) is 0 Å². The third-order valence-corrected chi connectivity index (χ3v) is 2.60. The second-order valence-electron chi connectivity index (χ2n) is 4.11. The van der Waals surface area contributed by atoms with E-state index in [1.54, 1.807) is 6.92 Å². The lowest BCUT2D eigenvalue weighted by molar-refractivity contribution is -0.136. The quantitative estimate of drug-likeness (QED) is 0.911. The maximum absolute atomic E-state index is 12.9. The molecule has 1 amide bonds. The van der Waals surface area contributed by atoms with Gasteiger partial charge in [0.25, 0.3) is 5.91 Å². The highest BCUT2D eigenvalue weighted by atomic mass is 19.4. The summed E-state index contributed by atoms with van der Waals surface area (Å²) in [6.07, 6.45) is -4.57. The lowest BCUT2D eigenvalue weighted by Crippen LogP contribution is -2.15. The van der Waals surface area contributed by atoms with Crippen molar-refractivity contribution in [2.45, 2.75) is 13.1 Å². The summed E-state index contributed by atoms with van der Waals surface area (Å²) < 4.78 is 43.4. The van der Waals surface area contributed by atoms with Crippen LogP contribution in [0.15, 0.2) is 22.7 Å². The Hall–Kier alpha value is -2.58. The molecule has 0 aliphatic carbocycles. The highest BCUT2D eigenvalue weighted by molar-refractivity contribution is 6.03. The Balaban J connectivity index is 2.29. The van der Waals surface area contributed by atoms with E-state index in [1.807, 2.05) is 0 Å². The van der Waals surface area contributed by atoms with Gasteiger partial charge in [0.2, 0.25) is 0 Å². The molecule has 0 atom stereocenters. The second-order valence-corrected chi connectivity index (χ2v) is 4.11. The molecule has 112 valence electrons. The van der Waals surface area contributed by atoms with Gasteiger partial charge >= 0.3 is 12.2 Å². The van der Waals surface area contributed by atoms with Gasteiger partial charge in [0.1, 0.15) is 0 Å². The number of alkyl halides is 3. The SMILES string of the molecule is CNc1ccc(C(=O)Nc2nc(C)no2)cc1C(F)(F)F. The van der Waals surface area contributed by atoms with Crippen molar-refractivity contribution < 1.29 is 22.5 Å². The van der Waals surface area contributed by atoms with Gasteiger partial charge in [-0.3, -0.25) is 10.1 Å². The Morgan fingerprint density at radius 1 is 1.33 bits per heavy atom. The molecule has 9 heteroatoms. The monoisotopic (exact) mass is 300 g/mol. The van der Waals surface area contributed by atoms with Crippen molar-refractivity contribution in [2.24, 2.45) is 0 Å². The van der Waals surface area contributed by atoms with Crippen LogP contribution in [0, 0.1) is 6.92 Å². The van der Waals surface area contributed by atoms with Crippen LogP contribution in [-0.2, 0) is 6.18 Å². The lowest BCUT2D eigenvalue weighted by atomic mass is 10.1. The Morgan fingerprint density at radius 3 is 2.57 bits per heavy atom. The Morgan fingerprint density at radius 2 is 2.05 bits per heavy atom. The maximum Gasteiger partial charge on any atom is 0.418 e. The van der Waals surface area contributed by atoms with Gasteiger partial charge in [0, 0.05) is 18.3 Å². The number of halogens is 3. The van der Waals surface area contributed by atoms with Crippen molar-refractivity contribution >= 4 is 17.6 Å². The Kier molecular flexibility index (Phi) is 3.83. The minimum absolute atomic E-state index is 0.118. The number of nitrogens with one attached hydrogen (secondary N) is 2. The van der Waals surface area contributed by atoms with E-state index in [9.17, 15) is 18.0 Å². The topological polar surface area (TPSA) is 80.0 Å². The van der Waals surface area contributed by atoms with E-state index >= 15 is 0 Å². The molecule has 0 aliphatic heterocycles. The molecule has 0 unspecified atom stereocenters. The zero-order valence-electron chi connectivity index (χ0n) is 11.1. The fourth-order valence-corrected chi connectivity index (χ4v) is 1.66. The maximum atomic E-state index is 12.9. The van der Waals surface area contributed by atoms with Crippen LogP contribution in [0.2, 0.25) is 0 Å². The molecular formula is C12H11F3N4O2. The summed E-state index contributed by atoms with van der Waals surface area (Å²) in [6.45, 7) is 1.54. The summed E-state index contributed by atoms with van der Waals surface area (Å²) in [5.74, 6) is -0.474. The van der Waals surface area contributed by atoms with Gasteiger partial charge in [-0.2, -0.15) is 18.2 Å². The lowest BCUT2D eigenvalue weighted by Gasteiger charge is -2.13. The predicted octanol–water partition coefficient (Wildman–Crippen LogP) is 2.69. The number of carbonyl (C=O) groups is 1. The van der Waals surface area contributed by atoms with Gasteiger partial charge in [-0.05, 0) is 25.1 Å². The zero-order chi connectivity index (χ0) is 15.6. The third-order valence-electron chi connectivity index (χ3n) is 2.60. The average molecular weight is 300 g/mol. The number of anilines is 2. The van der Waals surface area contributed by atoms with E-state index in [1.165, 1.54) is 19.2 Å². The molecule has 0 bridgehead atoms. The number of aryl methyl sites for hydroxylation is 1. The van der Waals surface area contributed by atoms with Crippen molar-refractivity contribution in [3.63, 3.8) is 0 Å². The van der Waals surface area contributed by atoms with Crippen LogP contribution in [0.5, 0.6) is 0 Å². The summed E-state index contributed by atoms with van der Waals surface area (Å²) in [6, 6.07) is 3.02. The molecule has 0 spiro atoms. The molecule has 2 rings (SSSR count). The summed E-state index contributed by atoms with van der Waals surface area (Å²) >= 11 is 0. The number of aromatic nitrogens is 2. The van der Waals surface area contributed by atoms with Crippen molar-refractivity contribution in [2.75, 3.05) is 17.7 Å². The molecule has 0 saturated heterocycles. The van der Waals surface area contributed by atoms with E-state index in [0.29, 0.717) is 5.82 Å². The van der Waals surface area contributed by atoms with Gasteiger partial charge in [-0.15, -0.1) is 0 Å². The van der Waals surface area contributed by atoms with E-state index < -0.39 is 17.6 Å². The number of nitrogens with zero attached hydrogens (tertiary/aromatic N) is 2. The van der Waals surface area contributed by atoms with Crippen LogP contribution in [0.4, 0.5) is 24.9 Å². The number of benzene rings is 1. The normalized spacial score (nSPS) is 11.3. The molecular weight excluding hydrogens is 289 g/mol. The molecule has 1 aromatic heterocycles. The van der Waals surface area contributed by atoms with Crippen LogP contribution in [0.1, 0.15) is 21.7 Å². The van der Waals surface area contributed by atoms with Gasteiger partial charge in [-0.25, -0.2) is 0 Å². The standard InChI is InChI=1S/C12H11F3N4O2/c1-6-17-11(21-19-6)18-10(20)7-3-4-9(16-2)8(5-7)12(13,14)15/h3-5,16H,1-2H3,(H,17,18,19,20). The van der Waals surface area contributed by atoms with E-state index in [-0.39, 0.29) is 17.3 Å². The molecule has 0 aliphatic rings. The molecule has 0 saturated carbocycles. The molecule has 1 heterocycles. The second kappa shape index (κ2) is 5.43. The number of carbonyl (C=O) groups excluding carboxylic acids is 1. The van der Waals surface area contributed by atoms with Crippen LogP contribution in [-0.4, -0.2) is 23.1 Å². The summed E-state index contributed by atoms with van der Waals surface area (Å²) in [7, 11) is 1.37. The third kappa shape index (κ3) is 3.30. The van der Waals surface area contributed by atoms with Gasteiger partial charge in [0.05, 0.1) is 5.56 Å². The van der Waals surface area contributed by atoms with Crippen LogP contribution >= 0.6 is 0 Å². The van der Waals surface area contributed by atoms with Crippen molar-refractivity contribution in [1.29, 1.82) is 0 Å². The van der Waals surface area contributed by atoms with Gasteiger partial charge in [0.15, 0.2) is 5.82 Å². The van der Waals surface area contributed by atoms with Crippen LogP contribution in [0.25, 0.3) is 0 Å². The molecule has 21 heavy (non-hydrogen) atoms. The molecule has 1 aromatic carbocycles. The highest BCUT2D eigenvalue weighted by Crippen LogP contribution is 2.35. The van der Waals surface area contributed by atoms with Crippen molar-refractivity contribution in [3.8, 4) is 0 Å². The van der Waals surface area contributed by atoms with E-state index in [2.05, 4.69) is 25.3 Å². The Labute approximate surface area is 117 Å². The highest BCUT2D eigenvalue weighted by Gasteiger charge is 2.34. The fourth-order valence-electron chi connectivity index (χ4n) is 1.66. The number of hydrogen-bond acceptors (Lipinski definition) is 5. The Bertz CT molecular complexity index is 667. The largest absolute Gasteiger partial charge is 0.418 e. The summed E-state index contributed by atoms with van der Waals surface area (Å²) in [5, 5.41) is 8.11. The minimum Gasteiger partial charge on any atom is -0.388 e. The average Bonchev–Trinajstić information content (AvgIpc) is 2.82. The first-order chi connectivity index (χ1) is 9.81.